The molecule has 1 aromatic carbocycles. The second kappa shape index (κ2) is 9.66. The Kier molecular flexibility index (Phi) is 6.74. The van der Waals surface area contributed by atoms with Gasteiger partial charge in [0.25, 0.3) is 0 Å². The predicted molar refractivity (Wildman–Crippen MR) is 143 cm³/mol. The van der Waals surface area contributed by atoms with E-state index in [1.165, 1.54) is 10.6 Å². The number of benzene rings is 1. The highest BCUT2D eigenvalue weighted by atomic mass is 35.5. The summed E-state index contributed by atoms with van der Waals surface area (Å²) in [6, 6.07) is 10.4. The lowest BCUT2D eigenvalue weighted by Gasteiger charge is -2.39. The van der Waals surface area contributed by atoms with Crippen LogP contribution in [0.25, 0.3) is 21.5 Å². The summed E-state index contributed by atoms with van der Waals surface area (Å²) >= 11 is 7.13. The smallest absolute Gasteiger partial charge is 0.418 e. The molecule has 0 aliphatic carbocycles. The van der Waals surface area contributed by atoms with Gasteiger partial charge in [-0.25, -0.2) is 0 Å². The van der Waals surface area contributed by atoms with Crippen LogP contribution in [0.5, 0.6) is 5.75 Å². The van der Waals surface area contributed by atoms with Crippen LogP contribution in [0.1, 0.15) is 37.0 Å². The van der Waals surface area contributed by atoms with Crippen molar-refractivity contribution in [2.75, 3.05) is 6.61 Å². The number of aliphatic hydroxyl groups is 1. The summed E-state index contributed by atoms with van der Waals surface area (Å²) in [4.78, 5) is 16.7. The van der Waals surface area contributed by atoms with Gasteiger partial charge >= 0.3 is 6.18 Å². The SMILES string of the molecule is CC(C)(CC(O)(Cn1cc(Cl)c(=O)c2sccc21)C(F)(F)F)c1cc(-c2ncccc2C#N)cc2c1OCC2. The molecule has 1 unspecified atom stereocenters. The molecule has 1 N–H and O–H groups in total. The average Bonchev–Trinajstić information content (AvgIpc) is 3.55. The van der Waals surface area contributed by atoms with E-state index in [0.717, 1.165) is 23.1 Å². The van der Waals surface area contributed by atoms with Gasteiger partial charge in [0.1, 0.15) is 16.8 Å². The Labute approximate surface area is 230 Å². The molecule has 39 heavy (non-hydrogen) atoms. The minimum absolute atomic E-state index is 0.217. The normalized spacial score (nSPS) is 15.0. The maximum absolute atomic E-state index is 14.6. The van der Waals surface area contributed by atoms with Crippen LogP contribution in [-0.2, 0) is 18.4 Å². The summed E-state index contributed by atoms with van der Waals surface area (Å²) in [7, 11) is 0. The van der Waals surface area contributed by atoms with Gasteiger partial charge in [0.05, 0.1) is 34.6 Å². The number of pyridine rings is 2. The number of alkyl halides is 3. The fourth-order valence-electron chi connectivity index (χ4n) is 5.23. The molecule has 0 saturated carbocycles. The van der Waals surface area contributed by atoms with Gasteiger partial charge in [-0.05, 0) is 53.1 Å². The molecule has 0 fully saturated rings. The molecular formula is C28H23ClF3N3O3S. The molecule has 0 radical (unpaired) electrons. The molecule has 0 amide bonds. The third-order valence-electron chi connectivity index (χ3n) is 7.05. The van der Waals surface area contributed by atoms with E-state index in [1.54, 1.807) is 43.6 Å². The zero-order valence-corrected chi connectivity index (χ0v) is 22.5. The van der Waals surface area contributed by atoms with Crippen molar-refractivity contribution >= 4 is 33.2 Å². The van der Waals surface area contributed by atoms with Crippen LogP contribution < -0.4 is 10.2 Å². The summed E-state index contributed by atoms with van der Waals surface area (Å²) in [6.07, 6.45) is -2.50. The highest BCUT2D eigenvalue weighted by Crippen LogP contribution is 2.47. The van der Waals surface area contributed by atoms with E-state index < -0.39 is 35.6 Å². The van der Waals surface area contributed by atoms with Gasteiger partial charge in [0.15, 0.2) is 5.60 Å². The van der Waals surface area contributed by atoms with E-state index >= 15 is 0 Å². The molecule has 0 bridgehead atoms. The molecule has 0 saturated heterocycles. The van der Waals surface area contributed by atoms with Crippen molar-refractivity contribution in [1.29, 1.82) is 5.26 Å². The molecule has 202 valence electrons. The van der Waals surface area contributed by atoms with Crippen molar-refractivity contribution in [2.45, 2.75) is 50.4 Å². The third kappa shape index (κ3) is 4.80. The minimum atomic E-state index is -5.02. The molecule has 3 aromatic heterocycles. The fourth-order valence-corrected chi connectivity index (χ4v) is 6.35. The monoisotopic (exact) mass is 573 g/mol. The number of halogens is 4. The molecule has 0 spiro atoms. The predicted octanol–water partition coefficient (Wildman–Crippen LogP) is 6.25. The Balaban J connectivity index is 1.61. The largest absolute Gasteiger partial charge is 0.493 e. The second-order valence-electron chi connectivity index (χ2n) is 10.3. The Bertz CT molecular complexity index is 1690. The lowest BCUT2D eigenvalue weighted by molar-refractivity contribution is -0.271. The fraction of sp³-hybridized carbons (Fsp3) is 0.321. The van der Waals surface area contributed by atoms with E-state index in [0.29, 0.717) is 41.2 Å². The number of nitriles is 1. The van der Waals surface area contributed by atoms with E-state index in [-0.39, 0.29) is 15.2 Å². The van der Waals surface area contributed by atoms with Crippen LogP contribution in [-0.4, -0.2) is 33.0 Å². The Hall–Kier alpha value is -3.39. The van der Waals surface area contributed by atoms with Gasteiger partial charge in [0, 0.05) is 29.9 Å². The highest BCUT2D eigenvalue weighted by molar-refractivity contribution is 7.17. The Morgan fingerprint density at radius 1 is 1.28 bits per heavy atom. The topological polar surface area (TPSA) is 88.1 Å². The summed E-state index contributed by atoms with van der Waals surface area (Å²) in [5, 5.41) is 22.3. The third-order valence-corrected chi connectivity index (χ3v) is 8.23. The second-order valence-corrected chi connectivity index (χ2v) is 11.6. The maximum Gasteiger partial charge on any atom is 0.418 e. The summed E-state index contributed by atoms with van der Waals surface area (Å²) in [5.41, 5.74) is -2.02. The molecule has 4 aromatic rings. The van der Waals surface area contributed by atoms with Crippen molar-refractivity contribution in [2.24, 2.45) is 0 Å². The number of hydrogen-bond acceptors (Lipinski definition) is 6. The molecular weight excluding hydrogens is 551 g/mol. The number of aromatic nitrogens is 2. The zero-order valence-electron chi connectivity index (χ0n) is 21.0. The first-order chi connectivity index (χ1) is 18.3. The quantitative estimate of drug-likeness (QED) is 0.295. The van der Waals surface area contributed by atoms with Gasteiger partial charge in [-0.2, -0.15) is 18.4 Å². The van der Waals surface area contributed by atoms with Crippen LogP contribution in [0.4, 0.5) is 13.2 Å². The molecule has 4 heterocycles. The van der Waals surface area contributed by atoms with Crippen molar-refractivity contribution < 1.29 is 23.0 Å². The summed E-state index contributed by atoms with van der Waals surface area (Å²) < 4.78 is 51.1. The Morgan fingerprint density at radius 2 is 2.05 bits per heavy atom. The van der Waals surface area contributed by atoms with Crippen molar-refractivity contribution in [3.63, 3.8) is 0 Å². The van der Waals surface area contributed by atoms with Crippen LogP contribution in [0.2, 0.25) is 5.02 Å². The van der Waals surface area contributed by atoms with Crippen molar-refractivity contribution in [3.05, 3.63) is 80.0 Å². The maximum atomic E-state index is 14.6. The number of thiophene rings is 1. The zero-order chi connectivity index (χ0) is 28.2. The summed E-state index contributed by atoms with van der Waals surface area (Å²) in [6.45, 7) is 2.74. The van der Waals surface area contributed by atoms with Crippen molar-refractivity contribution in [3.8, 4) is 23.1 Å². The number of nitrogens with zero attached hydrogens (tertiary/aromatic N) is 3. The lowest BCUT2D eigenvalue weighted by Crippen LogP contribution is -2.52. The number of ether oxygens (including phenoxy) is 1. The number of rotatable bonds is 6. The molecule has 1 atom stereocenters. The Morgan fingerprint density at radius 3 is 2.77 bits per heavy atom. The molecule has 5 rings (SSSR count). The lowest BCUT2D eigenvalue weighted by atomic mass is 9.73. The van der Waals surface area contributed by atoms with E-state index in [2.05, 4.69) is 11.1 Å². The van der Waals surface area contributed by atoms with Gasteiger partial charge in [-0.3, -0.25) is 9.78 Å². The van der Waals surface area contributed by atoms with Crippen LogP contribution in [0.3, 0.4) is 0 Å². The van der Waals surface area contributed by atoms with E-state index in [9.17, 15) is 28.3 Å². The first-order valence-corrected chi connectivity index (χ1v) is 13.3. The standard InChI is InChI=1S/C28H23ClF3N3O3S/c1-26(2,19-11-18(10-16-5-8-38-24(16)19)22-17(12-33)4-3-7-34-22)14-27(37,28(30,31)32)15-35-13-20(29)23(36)25-21(35)6-9-39-25/h3-4,6-7,9-11,13,37H,5,8,14-15H2,1-2H3. The van der Waals surface area contributed by atoms with Crippen molar-refractivity contribution in [1.82, 2.24) is 9.55 Å². The number of fused-ring (bicyclic) bond motifs is 2. The van der Waals surface area contributed by atoms with Gasteiger partial charge in [-0.15, -0.1) is 11.3 Å². The van der Waals surface area contributed by atoms with Gasteiger partial charge < -0.3 is 14.4 Å². The minimum Gasteiger partial charge on any atom is -0.493 e. The van der Waals surface area contributed by atoms with Gasteiger partial charge in [-0.1, -0.05) is 25.4 Å². The first kappa shape index (κ1) is 27.2. The number of hydrogen-bond donors (Lipinski definition) is 1. The highest BCUT2D eigenvalue weighted by Gasteiger charge is 2.56. The molecule has 1 aliphatic heterocycles. The first-order valence-electron chi connectivity index (χ1n) is 12.1. The van der Waals surface area contributed by atoms with E-state index in [1.807, 2.05) is 6.07 Å². The average molecular weight is 574 g/mol. The van der Waals surface area contributed by atoms with Crippen LogP contribution in [0, 0.1) is 11.3 Å². The molecule has 6 nitrogen and oxygen atoms in total. The molecule has 11 heteroatoms. The van der Waals surface area contributed by atoms with E-state index in [4.69, 9.17) is 16.3 Å². The van der Waals surface area contributed by atoms with Crippen LogP contribution >= 0.6 is 22.9 Å². The molecule has 1 aliphatic rings. The summed E-state index contributed by atoms with van der Waals surface area (Å²) in [5.74, 6) is 0.481. The van der Waals surface area contributed by atoms with Crippen LogP contribution in [0.15, 0.2) is 52.9 Å². The van der Waals surface area contributed by atoms with Gasteiger partial charge in [0.2, 0.25) is 5.43 Å².